The first-order chi connectivity index (χ1) is 13.2. The molecule has 0 aliphatic carbocycles. The summed E-state index contributed by atoms with van der Waals surface area (Å²) in [7, 11) is 2.20. The number of nitrogens with zero attached hydrogens (tertiary/aromatic N) is 2. The highest BCUT2D eigenvalue weighted by molar-refractivity contribution is 6.01. The molecule has 138 valence electrons. The van der Waals surface area contributed by atoms with Crippen LogP contribution in [0.1, 0.15) is 22.3 Å². The first-order valence-corrected chi connectivity index (χ1v) is 9.36. The molecule has 27 heavy (non-hydrogen) atoms. The Hall–Kier alpha value is -2.85. The molecule has 0 radical (unpaired) electrons. The molecule has 1 aliphatic rings. The third kappa shape index (κ3) is 3.53. The standard InChI is InChI=1S/C23H24N2O2/c1-24(14-17-5-3-2-4-6-17)20-11-12-25(15-20)19-8-9-21-18(13-19)7-10-23(27)22(21)16-26/h2-10,13,16,20,27H,11-12,14-15H2,1H3. The van der Waals surface area contributed by atoms with Crippen LogP contribution in [0, 0.1) is 0 Å². The number of carbonyl (C=O) groups is 1. The largest absolute Gasteiger partial charge is 0.507 e. The molecular formula is C23H24N2O2. The maximum atomic E-state index is 11.3. The second-order valence-corrected chi connectivity index (χ2v) is 7.31. The van der Waals surface area contributed by atoms with E-state index in [2.05, 4.69) is 53.2 Å². The van der Waals surface area contributed by atoms with Crippen molar-refractivity contribution in [2.45, 2.75) is 19.0 Å². The van der Waals surface area contributed by atoms with Gasteiger partial charge in [0.2, 0.25) is 0 Å². The highest BCUT2D eigenvalue weighted by Gasteiger charge is 2.26. The molecule has 0 saturated carbocycles. The van der Waals surface area contributed by atoms with Crippen molar-refractivity contribution in [3.63, 3.8) is 0 Å². The summed E-state index contributed by atoms with van der Waals surface area (Å²) in [6, 6.07) is 20.7. The van der Waals surface area contributed by atoms with Gasteiger partial charge in [-0.25, -0.2) is 0 Å². The van der Waals surface area contributed by atoms with Gasteiger partial charge in [-0.3, -0.25) is 9.69 Å². The zero-order chi connectivity index (χ0) is 18.8. The van der Waals surface area contributed by atoms with E-state index in [9.17, 15) is 9.90 Å². The Balaban J connectivity index is 1.50. The molecular weight excluding hydrogens is 336 g/mol. The van der Waals surface area contributed by atoms with E-state index in [1.807, 2.05) is 18.2 Å². The number of carbonyl (C=O) groups excluding carboxylic acids is 1. The van der Waals surface area contributed by atoms with Gasteiger partial charge in [-0.05, 0) is 48.0 Å². The summed E-state index contributed by atoms with van der Waals surface area (Å²) in [4.78, 5) is 16.1. The van der Waals surface area contributed by atoms with Crippen molar-refractivity contribution in [3.8, 4) is 5.75 Å². The second-order valence-electron chi connectivity index (χ2n) is 7.31. The summed E-state index contributed by atoms with van der Waals surface area (Å²) < 4.78 is 0. The summed E-state index contributed by atoms with van der Waals surface area (Å²) in [5.74, 6) is 0.0361. The lowest BCUT2D eigenvalue weighted by Crippen LogP contribution is -2.34. The van der Waals surface area contributed by atoms with Crippen LogP contribution in [0.4, 0.5) is 5.69 Å². The molecule has 1 unspecified atom stereocenters. The average molecular weight is 360 g/mol. The monoisotopic (exact) mass is 360 g/mol. The van der Waals surface area contributed by atoms with Gasteiger partial charge in [0.05, 0.1) is 5.56 Å². The van der Waals surface area contributed by atoms with E-state index in [0.29, 0.717) is 11.6 Å². The van der Waals surface area contributed by atoms with Crippen LogP contribution in [0.3, 0.4) is 0 Å². The normalized spacial score (nSPS) is 17.0. The molecule has 0 bridgehead atoms. The number of fused-ring (bicyclic) bond motifs is 1. The van der Waals surface area contributed by atoms with Crippen LogP contribution < -0.4 is 4.90 Å². The van der Waals surface area contributed by atoms with Crippen molar-refractivity contribution < 1.29 is 9.90 Å². The number of hydrogen-bond donors (Lipinski definition) is 1. The Morgan fingerprint density at radius 2 is 1.96 bits per heavy atom. The van der Waals surface area contributed by atoms with E-state index < -0.39 is 0 Å². The summed E-state index contributed by atoms with van der Waals surface area (Å²) in [5, 5.41) is 11.6. The molecule has 1 aliphatic heterocycles. The van der Waals surface area contributed by atoms with Crippen LogP contribution in [0.15, 0.2) is 60.7 Å². The Kier molecular flexibility index (Phi) is 4.82. The SMILES string of the molecule is CN(Cc1ccccc1)C1CCN(c2ccc3c(C=O)c(O)ccc3c2)C1. The van der Waals surface area contributed by atoms with E-state index in [0.717, 1.165) is 43.1 Å². The van der Waals surface area contributed by atoms with Gasteiger partial charge in [0.1, 0.15) is 5.75 Å². The number of phenols is 1. The number of anilines is 1. The maximum Gasteiger partial charge on any atom is 0.154 e. The lowest BCUT2D eigenvalue weighted by Gasteiger charge is -2.25. The number of aldehydes is 1. The van der Waals surface area contributed by atoms with E-state index in [-0.39, 0.29) is 5.75 Å². The minimum Gasteiger partial charge on any atom is -0.507 e. The Morgan fingerprint density at radius 3 is 2.74 bits per heavy atom. The lowest BCUT2D eigenvalue weighted by atomic mass is 10.0. The van der Waals surface area contributed by atoms with Gasteiger partial charge >= 0.3 is 0 Å². The fourth-order valence-corrected chi connectivity index (χ4v) is 3.99. The smallest absolute Gasteiger partial charge is 0.154 e. The number of likely N-dealkylation sites (N-methyl/N-ethyl adjacent to an activating group) is 1. The average Bonchev–Trinajstić information content (AvgIpc) is 3.19. The Bertz CT molecular complexity index is 955. The van der Waals surface area contributed by atoms with Crippen molar-refractivity contribution in [2.75, 3.05) is 25.0 Å². The van der Waals surface area contributed by atoms with Crippen LogP contribution in [-0.2, 0) is 6.54 Å². The zero-order valence-corrected chi connectivity index (χ0v) is 15.5. The Morgan fingerprint density at radius 1 is 1.15 bits per heavy atom. The molecule has 3 aromatic carbocycles. The topological polar surface area (TPSA) is 43.8 Å². The van der Waals surface area contributed by atoms with Crippen molar-refractivity contribution in [1.29, 1.82) is 0 Å². The summed E-state index contributed by atoms with van der Waals surface area (Å²) in [5.41, 5.74) is 2.87. The molecule has 1 saturated heterocycles. The number of benzene rings is 3. The molecule has 1 fully saturated rings. The first kappa shape index (κ1) is 17.6. The lowest BCUT2D eigenvalue weighted by molar-refractivity contribution is 0.112. The van der Waals surface area contributed by atoms with Crippen LogP contribution in [-0.4, -0.2) is 42.5 Å². The minimum absolute atomic E-state index is 0.0361. The van der Waals surface area contributed by atoms with Crippen molar-refractivity contribution >= 4 is 22.7 Å². The van der Waals surface area contributed by atoms with Gasteiger partial charge < -0.3 is 10.0 Å². The quantitative estimate of drug-likeness (QED) is 0.697. The minimum atomic E-state index is 0.0361. The highest BCUT2D eigenvalue weighted by atomic mass is 16.3. The second kappa shape index (κ2) is 7.41. The number of phenolic OH excluding ortho intramolecular Hbond substituents is 1. The van der Waals surface area contributed by atoms with E-state index in [4.69, 9.17) is 0 Å². The van der Waals surface area contributed by atoms with Crippen molar-refractivity contribution in [1.82, 2.24) is 4.90 Å². The van der Waals surface area contributed by atoms with E-state index >= 15 is 0 Å². The summed E-state index contributed by atoms with van der Waals surface area (Å²) in [6.45, 7) is 2.97. The van der Waals surface area contributed by atoms with E-state index in [1.165, 1.54) is 11.3 Å². The van der Waals surface area contributed by atoms with Gasteiger partial charge in [-0.15, -0.1) is 0 Å². The molecule has 4 nitrogen and oxygen atoms in total. The van der Waals surface area contributed by atoms with Gasteiger partial charge in [0.15, 0.2) is 6.29 Å². The fraction of sp³-hybridized carbons (Fsp3) is 0.261. The predicted molar refractivity (Wildman–Crippen MR) is 110 cm³/mol. The maximum absolute atomic E-state index is 11.3. The molecule has 4 heteroatoms. The van der Waals surface area contributed by atoms with Crippen LogP contribution in [0.5, 0.6) is 5.75 Å². The highest BCUT2D eigenvalue weighted by Crippen LogP contribution is 2.31. The molecule has 1 N–H and O–H groups in total. The van der Waals surface area contributed by atoms with Crippen LogP contribution in [0.25, 0.3) is 10.8 Å². The fourth-order valence-electron chi connectivity index (χ4n) is 3.99. The molecule has 1 heterocycles. The third-order valence-corrected chi connectivity index (χ3v) is 5.57. The number of hydrogen-bond acceptors (Lipinski definition) is 4. The molecule has 0 aromatic heterocycles. The van der Waals surface area contributed by atoms with Gasteiger partial charge in [0, 0.05) is 31.4 Å². The molecule has 3 aromatic rings. The van der Waals surface area contributed by atoms with Crippen LogP contribution >= 0.6 is 0 Å². The number of aromatic hydroxyl groups is 1. The summed E-state index contributed by atoms with van der Waals surface area (Å²) >= 11 is 0. The molecule has 1 atom stereocenters. The molecule has 0 spiro atoms. The first-order valence-electron chi connectivity index (χ1n) is 9.36. The van der Waals surface area contributed by atoms with Crippen LogP contribution in [0.2, 0.25) is 0 Å². The predicted octanol–water partition coefficient (Wildman–Crippen LogP) is 4.07. The van der Waals surface area contributed by atoms with E-state index in [1.54, 1.807) is 6.07 Å². The summed E-state index contributed by atoms with van der Waals surface area (Å²) in [6.07, 6.45) is 1.86. The van der Waals surface area contributed by atoms with Gasteiger partial charge in [0.25, 0.3) is 0 Å². The zero-order valence-electron chi connectivity index (χ0n) is 15.5. The van der Waals surface area contributed by atoms with Gasteiger partial charge in [-0.1, -0.05) is 42.5 Å². The van der Waals surface area contributed by atoms with Gasteiger partial charge in [-0.2, -0.15) is 0 Å². The van der Waals surface area contributed by atoms with Crippen molar-refractivity contribution in [3.05, 3.63) is 71.8 Å². The molecule has 0 amide bonds. The third-order valence-electron chi connectivity index (χ3n) is 5.57. The number of rotatable bonds is 5. The Labute approximate surface area is 159 Å². The van der Waals surface area contributed by atoms with Crippen molar-refractivity contribution in [2.24, 2.45) is 0 Å². The molecule has 4 rings (SSSR count).